The fourth-order valence-corrected chi connectivity index (χ4v) is 3.27. The van der Waals surface area contributed by atoms with Gasteiger partial charge >= 0.3 is 5.97 Å². The second kappa shape index (κ2) is 7.13. The number of carboxylic acids is 1. The molecule has 1 unspecified atom stereocenters. The minimum Gasteiger partial charge on any atom is -0.480 e. The molecular formula is C18H22FN3O2. The van der Waals surface area contributed by atoms with Crippen molar-refractivity contribution in [2.45, 2.75) is 51.6 Å². The summed E-state index contributed by atoms with van der Waals surface area (Å²) < 4.78 is 15.0. The van der Waals surface area contributed by atoms with E-state index in [4.69, 9.17) is 0 Å². The summed E-state index contributed by atoms with van der Waals surface area (Å²) >= 11 is 0. The van der Waals surface area contributed by atoms with Crippen LogP contribution in [0, 0.1) is 5.82 Å². The number of rotatable bonds is 7. The van der Waals surface area contributed by atoms with Gasteiger partial charge in [0.2, 0.25) is 0 Å². The van der Waals surface area contributed by atoms with Crippen molar-refractivity contribution in [3.8, 4) is 5.69 Å². The maximum Gasteiger partial charge on any atom is 0.320 e. The number of benzene rings is 1. The summed E-state index contributed by atoms with van der Waals surface area (Å²) in [5.74, 6) is -1.10. The van der Waals surface area contributed by atoms with Gasteiger partial charge in [-0.25, -0.2) is 9.07 Å². The average Bonchev–Trinajstić information content (AvgIpc) is 3.15. The number of aliphatic carboxylic acids is 1. The lowest BCUT2D eigenvalue weighted by Crippen LogP contribution is -2.36. The molecule has 128 valence electrons. The monoisotopic (exact) mass is 331 g/mol. The Hall–Kier alpha value is -2.21. The number of halogens is 1. The van der Waals surface area contributed by atoms with Crippen LogP contribution in [-0.4, -0.2) is 26.9 Å². The zero-order valence-electron chi connectivity index (χ0n) is 13.8. The molecule has 3 rings (SSSR count). The summed E-state index contributed by atoms with van der Waals surface area (Å²) in [7, 11) is 0. The molecule has 0 saturated carbocycles. The fourth-order valence-electron chi connectivity index (χ4n) is 3.27. The molecule has 0 aliphatic heterocycles. The number of carboxylic acid groups (broad SMARTS) is 1. The predicted octanol–water partition coefficient (Wildman–Crippen LogP) is 2.84. The topological polar surface area (TPSA) is 67.2 Å². The van der Waals surface area contributed by atoms with Crippen LogP contribution in [0.1, 0.15) is 43.1 Å². The van der Waals surface area contributed by atoms with E-state index >= 15 is 0 Å². The maximum absolute atomic E-state index is 13.1. The second-order valence-corrected chi connectivity index (χ2v) is 6.17. The number of hydrogen-bond donors (Lipinski definition) is 2. The van der Waals surface area contributed by atoms with Crippen molar-refractivity contribution >= 4 is 5.97 Å². The van der Waals surface area contributed by atoms with Crippen molar-refractivity contribution in [2.75, 3.05) is 0 Å². The first kappa shape index (κ1) is 16.6. The Morgan fingerprint density at radius 1 is 1.38 bits per heavy atom. The third-order valence-electron chi connectivity index (χ3n) is 4.48. The van der Waals surface area contributed by atoms with Gasteiger partial charge in [-0.05, 0) is 55.5 Å². The maximum atomic E-state index is 13.1. The second-order valence-electron chi connectivity index (χ2n) is 6.17. The first-order valence-electron chi connectivity index (χ1n) is 8.42. The largest absolute Gasteiger partial charge is 0.480 e. The van der Waals surface area contributed by atoms with Crippen LogP contribution in [0.3, 0.4) is 0 Å². The zero-order chi connectivity index (χ0) is 17.1. The van der Waals surface area contributed by atoms with Crippen LogP contribution in [0.4, 0.5) is 4.39 Å². The minimum atomic E-state index is -0.827. The number of nitrogens with zero attached hydrogens (tertiary/aromatic N) is 2. The van der Waals surface area contributed by atoms with Crippen LogP contribution in [0.2, 0.25) is 0 Å². The summed E-state index contributed by atoms with van der Waals surface area (Å²) in [6.07, 6.45) is 4.37. The summed E-state index contributed by atoms with van der Waals surface area (Å²) in [5.41, 5.74) is 4.09. The van der Waals surface area contributed by atoms with Gasteiger partial charge in [-0.3, -0.25) is 10.1 Å². The molecule has 1 aliphatic carbocycles. The summed E-state index contributed by atoms with van der Waals surface area (Å²) in [5, 5.41) is 17.0. The van der Waals surface area contributed by atoms with Gasteiger partial charge in [0.25, 0.3) is 0 Å². The smallest absolute Gasteiger partial charge is 0.320 e. The third-order valence-corrected chi connectivity index (χ3v) is 4.48. The molecule has 5 nitrogen and oxygen atoms in total. The lowest BCUT2D eigenvalue weighted by atomic mass is 10.1. The van der Waals surface area contributed by atoms with E-state index in [1.807, 2.05) is 11.6 Å². The van der Waals surface area contributed by atoms with Crippen LogP contribution in [0.15, 0.2) is 24.3 Å². The highest BCUT2D eigenvalue weighted by atomic mass is 19.1. The minimum absolute atomic E-state index is 0.270. The van der Waals surface area contributed by atoms with E-state index in [2.05, 4.69) is 10.4 Å². The van der Waals surface area contributed by atoms with Gasteiger partial charge in [0.05, 0.1) is 11.4 Å². The van der Waals surface area contributed by atoms with Crippen LogP contribution in [-0.2, 0) is 24.2 Å². The normalized spacial score (nSPS) is 14.6. The van der Waals surface area contributed by atoms with E-state index in [0.29, 0.717) is 13.0 Å². The van der Waals surface area contributed by atoms with Crippen molar-refractivity contribution in [1.82, 2.24) is 15.1 Å². The van der Waals surface area contributed by atoms with Crippen molar-refractivity contribution in [2.24, 2.45) is 0 Å². The molecular weight excluding hydrogens is 309 g/mol. The molecule has 0 saturated heterocycles. The number of carbonyl (C=O) groups is 1. The highest BCUT2D eigenvalue weighted by molar-refractivity contribution is 5.73. The van der Waals surface area contributed by atoms with Crippen molar-refractivity contribution in [1.29, 1.82) is 0 Å². The van der Waals surface area contributed by atoms with E-state index < -0.39 is 12.0 Å². The Balaban J connectivity index is 1.83. The Bertz CT molecular complexity index is 725. The molecule has 0 amide bonds. The molecule has 0 radical (unpaired) electrons. The Morgan fingerprint density at radius 2 is 2.12 bits per heavy atom. The van der Waals surface area contributed by atoms with E-state index in [1.54, 1.807) is 12.1 Å². The highest BCUT2D eigenvalue weighted by Gasteiger charge is 2.24. The van der Waals surface area contributed by atoms with Gasteiger partial charge in [-0.15, -0.1) is 0 Å². The Morgan fingerprint density at radius 3 is 2.79 bits per heavy atom. The quantitative estimate of drug-likeness (QED) is 0.819. The average molecular weight is 331 g/mol. The molecule has 6 heteroatoms. The number of hydrogen-bond acceptors (Lipinski definition) is 3. The highest BCUT2D eigenvalue weighted by Crippen LogP contribution is 2.28. The summed E-state index contributed by atoms with van der Waals surface area (Å²) in [6, 6.07) is 5.74. The van der Waals surface area contributed by atoms with Crippen molar-refractivity contribution in [3.63, 3.8) is 0 Å². The molecule has 1 heterocycles. The molecule has 0 bridgehead atoms. The lowest BCUT2D eigenvalue weighted by Gasteiger charge is -2.12. The first-order valence-corrected chi connectivity index (χ1v) is 8.42. The van der Waals surface area contributed by atoms with E-state index in [1.165, 1.54) is 17.7 Å². The third kappa shape index (κ3) is 3.33. The van der Waals surface area contributed by atoms with Gasteiger partial charge in [-0.2, -0.15) is 5.10 Å². The van der Waals surface area contributed by atoms with Gasteiger partial charge in [-0.1, -0.05) is 13.3 Å². The van der Waals surface area contributed by atoms with Gasteiger partial charge in [0.1, 0.15) is 11.9 Å². The standard InChI is InChI=1S/C18H22FN3O2/c1-2-4-15(18(23)24)20-11-16-14-5-3-6-17(14)22(21-16)13-9-7-12(19)8-10-13/h7-10,15,20H,2-6,11H2,1H3,(H,23,24). The molecule has 2 N–H and O–H groups in total. The molecule has 0 fully saturated rings. The fraction of sp³-hybridized carbons (Fsp3) is 0.444. The summed E-state index contributed by atoms with van der Waals surface area (Å²) in [6.45, 7) is 2.41. The molecule has 1 aliphatic rings. The van der Waals surface area contributed by atoms with E-state index in [-0.39, 0.29) is 5.82 Å². The van der Waals surface area contributed by atoms with Crippen LogP contribution >= 0.6 is 0 Å². The van der Waals surface area contributed by atoms with Gasteiger partial charge < -0.3 is 5.11 Å². The van der Waals surface area contributed by atoms with Crippen molar-refractivity contribution < 1.29 is 14.3 Å². The van der Waals surface area contributed by atoms with E-state index in [9.17, 15) is 14.3 Å². The number of fused-ring (bicyclic) bond motifs is 1. The predicted molar refractivity (Wildman–Crippen MR) is 88.7 cm³/mol. The molecule has 1 aromatic carbocycles. The molecule has 24 heavy (non-hydrogen) atoms. The zero-order valence-corrected chi connectivity index (χ0v) is 13.8. The molecule has 2 aromatic rings. The number of aromatic nitrogens is 2. The molecule has 1 atom stereocenters. The van der Waals surface area contributed by atoms with Crippen LogP contribution < -0.4 is 5.32 Å². The Labute approximate surface area is 140 Å². The first-order chi connectivity index (χ1) is 11.6. The van der Waals surface area contributed by atoms with Crippen LogP contribution in [0.5, 0.6) is 0 Å². The van der Waals surface area contributed by atoms with Crippen LogP contribution in [0.25, 0.3) is 5.69 Å². The lowest BCUT2D eigenvalue weighted by molar-refractivity contribution is -0.139. The van der Waals surface area contributed by atoms with Gasteiger partial charge in [0.15, 0.2) is 0 Å². The summed E-state index contributed by atoms with van der Waals surface area (Å²) in [4.78, 5) is 11.3. The molecule has 0 spiro atoms. The van der Waals surface area contributed by atoms with Gasteiger partial charge in [0, 0.05) is 12.2 Å². The van der Waals surface area contributed by atoms with E-state index in [0.717, 1.165) is 42.8 Å². The van der Waals surface area contributed by atoms with Crippen molar-refractivity contribution in [3.05, 3.63) is 47.0 Å². The number of nitrogens with one attached hydrogen (secondary N) is 1. The SMILES string of the molecule is CCCC(NCc1nn(-c2ccc(F)cc2)c2c1CCC2)C(=O)O. The molecule has 1 aromatic heterocycles. The Kier molecular flexibility index (Phi) is 4.94.